The molecule has 0 amide bonds. The van der Waals surface area contributed by atoms with Gasteiger partial charge in [-0.1, -0.05) is 17.7 Å². The summed E-state index contributed by atoms with van der Waals surface area (Å²) >= 11 is 6.34. The second kappa shape index (κ2) is 10.9. The van der Waals surface area contributed by atoms with Crippen LogP contribution in [-0.2, 0) is 17.5 Å². The maximum absolute atomic E-state index is 13.0. The number of halogens is 4. The molecule has 0 radical (unpaired) electrons. The third-order valence-electron chi connectivity index (χ3n) is 4.91. The van der Waals surface area contributed by atoms with Gasteiger partial charge in [0.25, 0.3) is 0 Å². The first kappa shape index (κ1) is 24.7. The number of aliphatic hydroxyl groups is 1. The Bertz CT molecular complexity index is 1300. The first-order valence-electron chi connectivity index (χ1n) is 10.6. The lowest BCUT2D eigenvalue weighted by Gasteiger charge is -2.13. The van der Waals surface area contributed by atoms with Gasteiger partial charge in [0.05, 0.1) is 30.0 Å². The zero-order valence-corrected chi connectivity index (χ0v) is 19.1. The van der Waals surface area contributed by atoms with Crippen LogP contribution in [0.5, 0.6) is 11.5 Å². The molecule has 0 saturated heterocycles. The van der Waals surface area contributed by atoms with Crippen LogP contribution in [0.4, 0.5) is 24.7 Å². The highest BCUT2D eigenvalue weighted by atomic mass is 35.5. The summed E-state index contributed by atoms with van der Waals surface area (Å²) in [7, 11) is 0. The molecule has 0 spiro atoms. The summed E-state index contributed by atoms with van der Waals surface area (Å²) in [6.45, 7) is 1.28. The quantitative estimate of drug-likeness (QED) is 0.276. The van der Waals surface area contributed by atoms with Crippen molar-refractivity contribution in [2.75, 3.05) is 25.1 Å². The molecule has 0 saturated carbocycles. The van der Waals surface area contributed by atoms with Crippen molar-refractivity contribution in [3.63, 3.8) is 0 Å². The average Bonchev–Trinajstić information content (AvgIpc) is 3.24. The number of hydrogen-bond donors (Lipinski definition) is 2. The predicted octanol–water partition coefficient (Wildman–Crippen LogP) is 5.43. The Kier molecular flexibility index (Phi) is 7.69. The van der Waals surface area contributed by atoms with Crippen LogP contribution in [0.2, 0.25) is 5.02 Å². The number of hydrogen-bond acceptors (Lipinski definition) is 7. The van der Waals surface area contributed by atoms with Crippen molar-refractivity contribution in [1.29, 1.82) is 0 Å². The van der Waals surface area contributed by atoms with Gasteiger partial charge in [0.15, 0.2) is 5.82 Å². The smallest absolute Gasteiger partial charge is 0.416 e. The van der Waals surface area contributed by atoms with Crippen LogP contribution in [0.25, 0.3) is 11.0 Å². The zero-order chi connectivity index (χ0) is 24.8. The molecule has 2 N–H and O–H groups in total. The lowest BCUT2D eigenvalue weighted by molar-refractivity contribution is -0.137. The van der Waals surface area contributed by atoms with Crippen molar-refractivity contribution in [3.05, 3.63) is 65.6 Å². The maximum Gasteiger partial charge on any atom is 0.416 e. The van der Waals surface area contributed by atoms with E-state index in [2.05, 4.69) is 20.4 Å². The summed E-state index contributed by atoms with van der Waals surface area (Å²) in [4.78, 5) is 8.56. The number of fused-ring (bicyclic) bond motifs is 1. The molecule has 2 heterocycles. The van der Waals surface area contributed by atoms with Gasteiger partial charge in [0.1, 0.15) is 28.9 Å². The molecule has 0 unspecified atom stereocenters. The molecule has 0 bridgehead atoms. The molecule has 2 aromatic heterocycles. The van der Waals surface area contributed by atoms with Crippen LogP contribution < -0.4 is 10.1 Å². The van der Waals surface area contributed by atoms with Crippen LogP contribution >= 0.6 is 11.6 Å². The number of anilines is 2. The Morgan fingerprint density at radius 1 is 1.09 bits per heavy atom. The van der Waals surface area contributed by atoms with E-state index in [1.165, 1.54) is 18.5 Å². The molecule has 12 heteroatoms. The van der Waals surface area contributed by atoms with Crippen molar-refractivity contribution in [2.24, 2.45) is 0 Å². The van der Waals surface area contributed by atoms with Gasteiger partial charge in [0.2, 0.25) is 0 Å². The topological polar surface area (TPSA) is 94.3 Å². The van der Waals surface area contributed by atoms with Gasteiger partial charge in [-0.15, -0.1) is 0 Å². The van der Waals surface area contributed by atoms with E-state index in [4.69, 9.17) is 26.2 Å². The SMILES string of the molecule is OCCOCCCn1ncc2ncnc(Nc3ccc(Oc4cccc(C(F)(F)F)c4)c(Cl)c3)c21. The number of benzene rings is 2. The van der Waals surface area contributed by atoms with Gasteiger partial charge in [0, 0.05) is 18.8 Å². The van der Waals surface area contributed by atoms with Crippen molar-refractivity contribution >= 4 is 34.1 Å². The number of aryl methyl sites for hydroxylation is 1. The van der Waals surface area contributed by atoms with Crippen LogP contribution in [0.1, 0.15) is 12.0 Å². The Balaban J connectivity index is 1.50. The number of ether oxygens (including phenoxy) is 2. The van der Waals surface area contributed by atoms with Crippen LogP contribution in [0.3, 0.4) is 0 Å². The molecule has 4 aromatic rings. The van der Waals surface area contributed by atoms with E-state index in [0.29, 0.717) is 42.1 Å². The minimum Gasteiger partial charge on any atom is -0.456 e. The minimum atomic E-state index is -4.47. The summed E-state index contributed by atoms with van der Waals surface area (Å²) in [5.74, 6) is 0.732. The predicted molar refractivity (Wildman–Crippen MR) is 124 cm³/mol. The molecule has 0 fully saturated rings. The van der Waals surface area contributed by atoms with E-state index in [0.717, 1.165) is 12.1 Å². The van der Waals surface area contributed by atoms with E-state index in [9.17, 15) is 13.2 Å². The van der Waals surface area contributed by atoms with E-state index >= 15 is 0 Å². The van der Waals surface area contributed by atoms with Gasteiger partial charge < -0.3 is 19.9 Å². The molecular weight excluding hydrogens is 487 g/mol. The van der Waals surface area contributed by atoms with Gasteiger partial charge in [-0.2, -0.15) is 18.3 Å². The van der Waals surface area contributed by atoms with Crippen molar-refractivity contribution in [3.8, 4) is 11.5 Å². The molecule has 0 aliphatic heterocycles. The van der Waals surface area contributed by atoms with Crippen molar-refractivity contribution < 1.29 is 27.8 Å². The molecule has 0 aliphatic carbocycles. The van der Waals surface area contributed by atoms with E-state index in [1.807, 2.05) is 0 Å². The molecule has 2 aromatic carbocycles. The fourth-order valence-electron chi connectivity index (χ4n) is 3.33. The summed E-state index contributed by atoms with van der Waals surface area (Å²) in [6.07, 6.45) is -0.749. The van der Waals surface area contributed by atoms with Crippen LogP contribution in [0.15, 0.2) is 55.0 Å². The van der Waals surface area contributed by atoms with E-state index in [1.54, 1.807) is 29.1 Å². The summed E-state index contributed by atoms with van der Waals surface area (Å²) in [5.41, 5.74) is 1.11. The fraction of sp³-hybridized carbons (Fsp3) is 0.261. The number of rotatable bonds is 10. The number of aromatic nitrogens is 4. The Morgan fingerprint density at radius 2 is 1.94 bits per heavy atom. The second-order valence-corrected chi connectivity index (χ2v) is 7.82. The van der Waals surface area contributed by atoms with Crippen LogP contribution in [-0.4, -0.2) is 44.7 Å². The first-order valence-corrected chi connectivity index (χ1v) is 11.0. The maximum atomic E-state index is 13.0. The third kappa shape index (κ3) is 6.18. The van der Waals surface area contributed by atoms with E-state index < -0.39 is 11.7 Å². The largest absolute Gasteiger partial charge is 0.456 e. The van der Waals surface area contributed by atoms with Crippen molar-refractivity contribution in [2.45, 2.75) is 19.1 Å². The van der Waals surface area contributed by atoms with Crippen LogP contribution in [0, 0.1) is 0 Å². The normalized spacial score (nSPS) is 11.7. The molecule has 4 rings (SSSR count). The highest BCUT2D eigenvalue weighted by Crippen LogP contribution is 2.36. The highest BCUT2D eigenvalue weighted by Gasteiger charge is 2.30. The van der Waals surface area contributed by atoms with Crippen molar-refractivity contribution in [1.82, 2.24) is 19.7 Å². The molecule has 0 atom stereocenters. The average molecular weight is 508 g/mol. The Labute approximate surface area is 203 Å². The number of nitrogens with zero attached hydrogens (tertiary/aromatic N) is 4. The fourth-order valence-corrected chi connectivity index (χ4v) is 3.55. The monoisotopic (exact) mass is 507 g/mol. The summed E-state index contributed by atoms with van der Waals surface area (Å²) in [6, 6.07) is 9.38. The summed E-state index contributed by atoms with van der Waals surface area (Å²) in [5, 5.41) is 16.5. The molecular formula is C23H21ClF3N5O3. The standard InChI is InChI=1S/C23H21ClF3N5O3/c24-18-12-16(5-6-20(18)35-17-4-1-3-15(11-17)23(25,26)27)31-22-21-19(28-14-29-22)13-30-32(21)7-2-9-34-10-8-33/h1,3-6,11-14,33H,2,7-10H2,(H,28,29,31). The van der Waals surface area contributed by atoms with Gasteiger partial charge in [-0.05, 0) is 42.8 Å². The number of aliphatic hydroxyl groups excluding tert-OH is 1. The summed E-state index contributed by atoms with van der Waals surface area (Å²) < 4.78 is 51.5. The molecule has 35 heavy (non-hydrogen) atoms. The third-order valence-corrected chi connectivity index (χ3v) is 5.20. The molecule has 184 valence electrons. The van der Waals surface area contributed by atoms with Gasteiger partial charge in [-0.25, -0.2) is 9.97 Å². The number of alkyl halides is 3. The van der Waals surface area contributed by atoms with E-state index in [-0.39, 0.29) is 29.7 Å². The number of nitrogens with one attached hydrogen (secondary N) is 1. The molecule has 0 aliphatic rings. The lowest BCUT2D eigenvalue weighted by Crippen LogP contribution is -2.07. The molecule has 8 nitrogen and oxygen atoms in total. The van der Waals surface area contributed by atoms with Gasteiger partial charge >= 0.3 is 6.18 Å². The Hall–Kier alpha value is -3.41. The second-order valence-electron chi connectivity index (χ2n) is 7.41. The van der Waals surface area contributed by atoms with Gasteiger partial charge in [-0.3, -0.25) is 4.68 Å². The lowest BCUT2D eigenvalue weighted by atomic mass is 10.2. The highest BCUT2D eigenvalue weighted by molar-refractivity contribution is 6.32. The first-order chi connectivity index (χ1) is 16.8. The Morgan fingerprint density at radius 3 is 2.71 bits per heavy atom. The zero-order valence-electron chi connectivity index (χ0n) is 18.3. The minimum absolute atomic E-state index is 0.0202.